The Morgan fingerprint density at radius 2 is 2.06 bits per heavy atom. The van der Waals surface area contributed by atoms with E-state index in [0.29, 0.717) is 0 Å². The molecule has 0 aliphatic heterocycles. The summed E-state index contributed by atoms with van der Waals surface area (Å²) in [4.78, 5) is 4.54. The third kappa shape index (κ3) is 3.09. The predicted molar refractivity (Wildman–Crippen MR) is 75.3 cm³/mol. The number of benzene rings is 1. The third-order valence-electron chi connectivity index (χ3n) is 2.94. The highest BCUT2D eigenvalue weighted by Crippen LogP contribution is 2.21. The van der Waals surface area contributed by atoms with E-state index in [1.165, 1.54) is 5.56 Å². The van der Waals surface area contributed by atoms with Gasteiger partial charge in [0.2, 0.25) is 0 Å². The number of thiazole rings is 1. The molecule has 0 radical (unpaired) electrons. The Morgan fingerprint density at radius 1 is 1.33 bits per heavy atom. The van der Waals surface area contributed by atoms with Crippen LogP contribution in [-0.2, 0) is 6.42 Å². The van der Waals surface area contributed by atoms with Crippen molar-refractivity contribution in [2.75, 3.05) is 14.2 Å². The SMILES string of the molecule is CNC(Cc1ccc(OC)cc1)c1csc(C)n1. The van der Waals surface area contributed by atoms with Gasteiger partial charge in [-0.2, -0.15) is 0 Å². The van der Waals surface area contributed by atoms with Crippen LogP contribution in [0.2, 0.25) is 0 Å². The van der Waals surface area contributed by atoms with E-state index in [1.807, 2.05) is 26.1 Å². The Labute approximate surface area is 112 Å². The minimum atomic E-state index is 0.267. The van der Waals surface area contributed by atoms with E-state index >= 15 is 0 Å². The highest BCUT2D eigenvalue weighted by molar-refractivity contribution is 7.09. The number of nitrogens with zero attached hydrogens (tertiary/aromatic N) is 1. The molecule has 1 aromatic carbocycles. The van der Waals surface area contributed by atoms with E-state index < -0.39 is 0 Å². The molecule has 0 aliphatic carbocycles. The van der Waals surface area contributed by atoms with E-state index in [1.54, 1.807) is 18.4 Å². The summed E-state index contributed by atoms with van der Waals surface area (Å²) < 4.78 is 5.16. The zero-order chi connectivity index (χ0) is 13.0. The molecule has 0 saturated heterocycles. The Morgan fingerprint density at radius 3 is 2.56 bits per heavy atom. The smallest absolute Gasteiger partial charge is 0.118 e. The molecule has 1 heterocycles. The normalized spacial score (nSPS) is 12.4. The molecule has 1 unspecified atom stereocenters. The zero-order valence-corrected chi connectivity index (χ0v) is 11.8. The maximum Gasteiger partial charge on any atom is 0.118 e. The number of hydrogen-bond acceptors (Lipinski definition) is 4. The minimum absolute atomic E-state index is 0.267. The molecule has 0 aliphatic rings. The minimum Gasteiger partial charge on any atom is -0.497 e. The summed E-state index contributed by atoms with van der Waals surface area (Å²) in [7, 11) is 3.66. The van der Waals surface area contributed by atoms with Gasteiger partial charge in [0.1, 0.15) is 5.75 Å². The van der Waals surface area contributed by atoms with Crippen LogP contribution in [0.4, 0.5) is 0 Å². The first-order chi connectivity index (χ1) is 8.72. The summed E-state index contributed by atoms with van der Waals surface area (Å²) in [6.45, 7) is 2.04. The topological polar surface area (TPSA) is 34.1 Å². The van der Waals surface area contributed by atoms with Crippen LogP contribution in [0, 0.1) is 6.92 Å². The summed E-state index contributed by atoms with van der Waals surface area (Å²) >= 11 is 1.69. The maximum atomic E-state index is 5.16. The van der Waals surface area contributed by atoms with Crippen LogP contribution in [0.1, 0.15) is 22.3 Å². The maximum absolute atomic E-state index is 5.16. The fourth-order valence-electron chi connectivity index (χ4n) is 1.89. The van der Waals surface area contributed by atoms with E-state index in [4.69, 9.17) is 4.74 Å². The summed E-state index contributed by atoms with van der Waals surface area (Å²) in [6.07, 6.45) is 0.934. The quantitative estimate of drug-likeness (QED) is 0.899. The molecule has 0 amide bonds. The number of methoxy groups -OCH3 is 1. The van der Waals surface area contributed by atoms with E-state index in [9.17, 15) is 0 Å². The lowest BCUT2D eigenvalue weighted by atomic mass is 10.0. The molecule has 4 heteroatoms. The van der Waals surface area contributed by atoms with Gasteiger partial charge in [-0.1, -0.05) is 12.1 Å². The van der Waals surface area contributed by atoms with Crippen molar-refractivity contribution in [2.24, 2.45) is 0 Å². The number of ether oxygens (including phenoxy) is 1. The van der Waals surface area contributed by atoms with E-state index in [0.717, 1.165) is 22.9 Å². The number of hydrogen-bond donors (Lipinski definition) is 1. The monoisotopic (exact) mass is 262 g/mol. The van der Waals surface area contributed by atoms with Gasteiger partial charge in [-0.15, -0.1) is 11.3 Å². The summed E-state index contributed by atoms with van der Waals surface area (Å²) in [6, 6.07) is 8.45. The molecule has 2 aromatic rings. The molecule has 0 spiro atoms. The van der Waals surface area contributed by atoms with Crippen LogP contribution in [0.3, 0.4) is 0 Å². The Balaban J connectivity index is 2.10. The van der Waals surface area contributed by atoms with Crippen LogP contribution in [0.5, 0.6) is 5.75 Å². The van der Waals surface area contributed by atoms with Crippen molar-refractivity contribution in [1.82, 2.24) is 10.3 Å². The molecule has 2 rings (SSSR count). The third-order valence-corrected chi connectivity index (χ3v) is 3.73. The van der Waals surface area contributed by atoms with Gasteiger partial charge in [-0.25, -0.2) is 4.98 Å². The molecule has 96 valence electrons. The van der Waals surface area contributed by atoms with Crippen molar-refractivity contribution in [3.8, 4) is 5.75 Å². The highest BCUT2D eigenvalue weighted by Gasteiger charge is 2.13. The highest BCUT2D eigenvalue weighted by atomic mass is 32.1. The fourth-order valence-corrected chi connectivity index (χ4v) is 2.56. The molecular formula is C14H18N2OS. The first kappa shape index (κ1) is 13.1. The van der Waals surface area contributed by atoms with Crippen LogP contribution in [0.15, 0.2) is 29.6 Å². The number of aryl methyl sites for hydroxylation is 1. The van der Waals surface area contributed by atoms with Crippen molar-refractivity contribution in [2.45, 2.75) is 19.4 Å². The molecule has 0 saturated carbocycles. The van der Waals surface area contributed by atoms with Crippen LogP contribution in [-0.4, -0.2) is 19.1 Å². The molecule has 0 bridgehead atoms. The lowest BCUT2D eigenvalue weighted by Gasteiger charge is -2.14. The lowest BCUT2D eigenvalue weighted by Crippen LogP contribution is -2.19. The lowest BCUT2D eigenvalue weighted by molar-refractivity contribution is 0.414. The van der Waals surface area contributed by atoms with Gasteiger partial charge in [-0.05, 0) is 38.1 Å². The second kappa shape index (κ2) is 5.98. The van der Waals surface area contributed by atoms with Gasteiger partial charge in [0.25, 0.3) is 0 Å². The van der Waals surface area contributed by atoms with Crippen molar-refractivity contribution in [3.05, 3.63) is 45.9 Å². The van der Waals surface area contributed by atoms with Crippen LogP contribution in [0.25, 0.3) is 0 Å². The Bertz CT molecular complexity index is 493. The van der Waals surface area contributed by atoms with Crippen LogP contribution < -0.4 is 10.1 Å². The van der Waals surface area contributed by atoms with Crippen LogP contribution >= 0.6 is 11.3 Å². The van der Waals surface area contributed by atoms with Gasteiger partial charge >= 0.3 is 0 Å². The van der Waals surface area contributed by atoms with E-state index in [-0.39, 0.29) is 6.04 Å². The average Bonchev–Trinajstić information content (AvgIpc) is 2.83. The number of likely N-dealkylation sites (N-methyl/N-ethyl adjacent to an activating group) is 1. The molecule has 1 atom stereocenters. The number of aromatic nitrogens is 1. The number of rotatable bonds is 5. The van der Waals surface area contributed by atoms with E-state index in [2.05, 4.69) is 27.8 Å². The Kier molecular flexibility index (Phi) is 4.33. The molecular weight excluding hydrogens is 244 g/mol. The average molecular weight is 262 g/mol. The van der Waals surface area contributed by atoms with Crippen molar-refractivity contribution in [1.29, 1.82) is 0 Å². The number of nitrogens with one attached hydrogen (secondary N) is 1. The zero-order valence-electron chi connectivity index (χ0n) is 10.9. The van der Waals surface area contributed by atoms with Crippen molar-refractivity contribution < 1.29 is 4.74 Å². The largest absolute Gasteiger partial charge is 0.497 e. The van der Waals surface area contributed by atoms with Crippen molar-refractivity contribution in [3.63, 3.8) is 0 Å². The van der Waals surface area contributed by atoms with Gasteiger partial charge < -0.3 is 10.1 Å². The first-order valence-electron chi connectivity index (χ1n) is 5.95. The summed E-state index contributed by atoms with van der Waals surface area (Å²) in [5.41, 5.74) is 2.40. The molecule has 3 nitrogen and oxygen atoms in total. The molecule has 18 heavy (non-hydrogen) atoms. The Hall–Kier alpha value is -1.39. The van der Waals surface area contributed by atoms with Gasteiger partial charge in [-0.3, -0.25) is 0 Å². The molecule has 1 aromatic heterocycles. The fraction of sp³-hybridized carbons (Fsp3) is 0.357. The summed E-state index contributed by atoms with van der Waals surface area (Å²) in [5, 5.41) is 6.56. The second-order valence-corrected chi connectivity index (χ2v) is 5.25. The van der Waals surface area contributed by atoms with Crippen molar-refractivity contribution >= 4 is 11.3 Å². The predicted octanol–water partition coefficient (Wildman–Crippen LogP) is 2.96. The first-order valence-corrected chi connectivity index (χ1v) is 6.83. The summed E-state index contributed by atoms with van der Waals surface area (Å²) in [5.74, 6) is 0.893. The molecule has 1 N–H and O–H groups in total. The van der Waals surface area contributed by atoms with Gasteiger partial charge in [0, 0.05) is 5.38 Å². The van der Waals surface area contributed by atoms with Gasteiger partial charge in [0.15, 0.2) is 0 Å². The molecule has 0 fully saturated rings. The van der Waals surface area contributed by atoms with Gasteiger partial charge in [0.05, 0.1) is 23.9 Å². The second-order valence-electron chi connectivity index (χ2n) is 4.18. The standard InChI is InChI=1S/C14H18N2OS/c1-10-16-14(9-18-10)13(15-2)8-11-4-6-12(17-3)7-5-11/h4-7,9,13,15H,8H2,1-3H3.